The largest absolute Gasteiger partial charge is 0.453 e. The van der Waals surface area contributed by atoms with E-state index in [2.05, 4.69) is 17.0 Å². The van der Waals surface area contributed by atoms with E-state index in [0.29, 0.717) is 18.9 Å². The summed E-state index contributed by atoms with van der Waals surface area (Å²) in [6.45, 7) is 5.54. The summed E-state index contributed by atoms with van der Waals surface area (Å²) in [6, 6.07) is 0.0111. The van der Waals surface area contributed by atoms with E-state index in [1.807, 2.05) is 11.8 Å². The second-order valence-electron chi connectivity index (χ2n) is 4.89. The third-order valence-electron chi connectivity index (χ3n) is 3.44. The molecule has 1 aliphatic rings. The fourth-order valence-electron chi connectivity index (χ4n) is 2.41. The Kier molecular flexibility index (Phi) is 5.95. The third kappa shape index (κ3) is 4.20. The molecule has 2 unspecified atom stereocenters. The lowest BCUT2D eigenvalue weighted by molar-refractivity contribution is -0.133. The van der Waals surface area contributed by atoms with Crippen LogP contribution in [0.5, 0.6) is 0 Å². The van der Waals surface area contributed by atoms with Gasteiger partial charge in [-0.15, -0.1) is 0 Å². The van der Waals surface area contributed by atoms with Gasteiger partial charge in [0.2, 0.25) is 5.91 Å². The molecule has 1 fully saturated rings. The Morgan fingerprint density at radius 3 is 2.61 bits per heavy atom. The molecule has 0 aliphatic carbocycles. The lowest BCUT2D eigenvalue weighted by Crippen LogP contribution is -2.52. The predicted octanol–water partition coefficient (Wildman–Crippen LogP) is 1.77. The van der Waals surface area contributed by atoms with Crippen LogP contribution >= 0.6 is 0 Å². The molecule has 0 saturated carbocycles. The summed E-state index contributed by atoms with van der Waals surface area (Å²) in [5, 5.41) is 2.80. The number of rotatable bonds is 4. The molecular formula is C13H24N2O3. The molecular weight excluding hydrogens is 232 g/mol. The van der Waals surface area contributed by atoms with Crippen LogP contribution in [0.25, 0.3) is 0 Å². The van der Waals surface area contributed by atoms with Gasteiger partial charge in [-0.25, -0.2) is 4.79 Å². The van der Waals surface area contributed by atoms with Gasteiger partial charge in [-0.3, -0.25) is 4.79 Å². The summed E-state index contributed by atoms with van der Waals surface area (Å²) < 4.78 is 4.61. The van der Waals surface area contributed by atoms with E-state index < -0.39 is 6.09 Å². The monoisotopic (exact) mass is 256 g/mol. The predicted molar refractivity (Wildman–Crippen MR) is 69.2 cm³/mol. The van der Waals surface area contributed by atoms with Crippen molar-refractivity contribution in [3.8, 4) is 0 Å². The molecule has 2 amide bonds. The number of amides is 2. The van der Waals surface area contributed by atoms with Gasteiger partial charge >= 0.3 is 6.09 Å². The van der Waals surface area contributed by atoms with E-state index >= 15 is 0 Å². The molecule has 1 aliphatic heterocycles. The fourth-order valence-corrected chi connectivity index (χ4v) is 2.41. The first kappa shape index (κ1) is 14.8. The number of nitrogens with zero attached hydrogens (tertiary/aromatic N) is 1. The van der Waals surface area contributed by atoms with Crippen LogP contribution < -0.4 is 5.32 Å². The average Bonchev–Trinajstić information content (AvgIpc) is 2.38. The maximum absolute atomic E-state index is 11.9. The van der Waals surface area contributed by atoms with Crippen LogP contribution in [0.4, 0.5) is 4.79 Å². The number of carbonyl (C=O) groups is 2. The van der Waals surface area contributed by atoms with Crippen LogP contribution in [0.1, 0.15) is 39.5 Å². The molecule has 0 spiro atoms. The van der Waals surface area contributed by atoms with Gasteiger partial charge in [0.1, 0.15) is 0 Å². The Hall–Kier alpha value is -1.26. The summed E-state index contributed by atoms with van der Waals surface area (Å²) in [7, 11) is 1.36. The zero-order valence-electron chi connectivity index (χ0n) is 11.6. The fraction of sp³-hybridized carbons (Fsp3) is 0.846. The third-order valence-corrected chi connectivity index (χ3v) is 3.44. The van der Waals surface area contributed by atoms with Gasteiger partial charge in [0.25, 0.3) is 0 Å². The highest BCUT2D eigenvalue weighted by Gasteiger charge is 2.29. The second-order valence-corrected chi connectivity index (χ2v) is 4.89. The number of piperidine rings is 1. The zero-order valence-corrected chi connectivity index (χ0v) is 11.6. The number of ether oxygens (including phenoxy) is 1. The molecule has 5 nitrogen and oxygen atoms in total. The Morgan fingerprint density at radius 2 is 2.06 bits per heavy atom. The number of carbonyl (C=O) groups excluding carboxylic acids is 2. The molecule has 1 heterocycles. The number of likely N-dealkylation sites (tertiary alicyclic amines) is 1. The van der Waals surface area contributed by atoms with E-state index in [9.17, 15) is 9.59 Å². The number of methoxy groups -OCH3 is 1. The van der Waals surface area contributed by atoms with E-state index in [-0.39, 0.29) is 11.9 Å². The SMILES string of the molecule is CCCC(=O)N1CC(CC)CC(NC(=O)OC)C1. The van der Waals surface area contributed by atoms with Gasteiger partial charge in [-0.2, -0.15) is 0 Å². The van der Waals surface area contributed by atoms with E-state index in [4.69, 9.17) is 0 Å². The van der Waals surface area contributed by atoms with Gasteiger partial charge < -0.3 is 15.0 Å². The minimum absolute atomic E-state index is 0.0111. The van der Waals surface area contributed by atoms with Crippen molar-refractivity contribution in [2.45, 2.75) is 45.6 Å². The van der Waals surface area contributed by atoms with Crippen LogP contribution in [-0.4, -0.2) is 43.1 Å². The van der Waals surface area contributed by atoms with Crippen molar-refractivity contribution in [3.63, 3.8) is 0 Å². The van der Waals surface area contributed by atoms with Crippen molar-refractivity contribution < 1.29 is 14.3 Å². The normalized spacial score (nSPS) is 23.6. The van der Waals surface area contributed by atoms with Crippen molar-refractivity contribution in [1.82, 2.24) is 10.2 Å². The molecule has 0 radical (unpaired) electrons. The Balaban J connectivity index is 2.59. The highest BCUT2D eigenvalue weighted by Crippen LogP contribution is 2.20. The first-order valence-corrected chi connectivity index (χ1v) is 6.72. The molecule has 1 rings (SSSR count). The highest BCUT2D eigenvalue weighted by molar-refractivity contribution is 5.76. The summed E-state index contributed by atoms with van der Waals surface area (Å²) in [6.07, 6.45) is 2.97. The topological polar surface area (TPSA) is 58.6 Å². The van der Waals surface area contributed by atoms with Crippen LogP contribution in [0.15, 0.2) is 0 Å². The molecule has 2 atom stereocenters. The molecule has 0 aromatic rings. The van der Waals surface area contributed by atoms with Crippen molar-refractivity contribution in [3.05, 3.63) is 0 Å². The molecule has 1 N–H and O–H groups in total. The lowest BCUT2D eigenvalue weighted by atomic mass is 9.92. The summed E-state index contributed by atoms with van der Waals surface area (Å²) in [5.74, 6) is 0.647. The molecule has 18 heavy (non-hydrogen) atoms. The molecule has 0 aromatic heterocycles. The van der Waals surface area contributed by atoms with Crippen LogP contribution in [0.3, 0.4) is 0 Å². The second kappa shape index (κ2) is 7.24. The maximum atomic E-state index is 11.9. The highest BCUT2D eigenvalue weighted by atomic mass is 16.5. The first-order valence-electron chi connectivity index (χ1n) is 6.72. The van der Waals surface area contributed by atoms with Gasteiger partial charge in [-0.05, 0) is 18.8 Å². The van der Waals surface area contributed by atoms with E-state index in [0.717, 1.165) is 25.8 Å². The Bertz CT molecular complexity index is 294. The molecule has 104 valence electrons. The van der Waals surface area contributed by atoms with E-state index in [1.54, 1.807) is 0 Å². The van der Waals surface area contributed by atoms with Crippen LogP contribution in [0, 0.1) is 5.92 Å². The number of nitrogens with one attached hydrogen (secondary N) is 1. The first-order chi connectivity index (χ1) is 8.60. The quantitative estimate of drug-likeness (QED) is 0.834. The summed E-state index contributed by atoms with van der Waals surface area (Å²) in [5.41, 5.74) is 0. The molecule has 5 heteroatoms. The van der Waals surface area contributed by atoms with Crippen molar-refractivity contribution in [2.24, 2.45) is 5.92 Å². The zero-order chi connectivity index (χ0) is 13.5. The molecule has 1 saturated heterocycles. The number of alkyl carbamates (subject to hydrolysis) is 1. The van der Waals surface area contributed by atoms with Crippen LogP contribution in [-0.2, 0) is 9.53 Å². The van der Waals surface area contributed by atoms with Gasteiger partial charge in [-0.1, -0.05) is 20.3 Å². The van der Waals surface area contributed by atoms with Crippen LogP contribution in [0.2, 0.25) is 0 Å². The smallest absolute Gasteiger partial charge is 0.407 e. The molecule has 0 aromatic carbocycles. The Morgan fingerprint density at radius 1 is 1.33 bits per heavy atom. The van der Waals surface area contributed by atoms with Gasteiger partial charge in [0.15, 0.2) is 0 Å². The number of hydrogen-bond acceptors (Lipinski definition) is 3. The average molecular weight is 256 g/mol. The Labute approximate surface area is 109 Å². The lowest BCUT2D eigenvalue weighted by Gasteiger charge is -2.37. The molecule has 0 bridgehead atoms. The minimum atomic E-state index is -0.417. The van der Waals surface area contributed by atoms with Crippen molar-refractivity contribution in [2.75, 3.05) is 20.2 Å². The summed E-state index contributed by atoms with van der Waals surface area (Å²) in [4.78, 5) is 25.1. The van der Waals surface area contributed by atoms with E-state index in [1.165, 1.54) is 7.11 Å². The maximum Gasteiger partial charge on any atom is 0.407 e. The summed E-state index contributed by atoms with van der Waals surface area (Å²) >= 11 is 0. The minimum Gasteiger partial charge on any atom is -0.453 e. The standard InChI is InChI=1S/C13H24N2O3/c1-4-6-12(16)15-8-10(5-2)7-11(9-15)14-13(17)18-3/h10-11H,4-9H2,1-3H3,(H,14,17). The van der Waals surface area contributed by atoms with Crippen molar-refractivity contribution >= 4 is 12.0 Å². The van der Waals surface area contributed by atoms with Gasteiger partial charge in [0, 0.05) is 19.5 Å². The van der Waals surface area contributed by atoms with Gasteiger partial charge in [0.05, 0.1) is 13.2 Å². The van der Waals surface area contributed by atoms with Crippen molar-refractivity contribution in [1.29, 1.82) is 0 Å². The number of hydrogen-bond donors (Lipinski definition) is 1.